The van der Waals surface area contributed by atoms with Crippen molar-refractivity contribution in [2.75, 3.05) is 33.3 Å². The van der Waals surface area contributed by atoms with E-state index in [9.17, 15) is 8.78 Å². The number of morpholine rings is 1. The lowest BCUT2D eigenvalue weighted by Crippen LogP contribution is -2.47. The summed E-state index contributed by atoms with van der Waals surface area (Å²) in [5.74, 6) is -1.53. The van der Waals surface area contributed by atoms with Gasteiger partial charge in [0.05, 0.1) is 18.8 Å². The monoisotopic (exact) mass is 298 g/mol. The largest absolute Gasteiger partial charge is 0.374 e. The Kier molecular flexibility index (Phi) is 5.67. The lowest BCUT2D eigenvalue weighted by molar-refractivity contribution is -0.0398. The van der Waals surface area contributed by atoms with Gasteiger partial charge in [-0.05, 0) is 32.5 Å². The molecule has 0 bridgehead atoms. The van der Waals surface area contributed by atoms with Crippen LogP contribution >= 0.6 is 0 Å². The molecule has 0 radical (unpaired) electrons. The van der Waals surface area contributed by atoms with E-state index < -0.39 is 11.6 Å². The Morgan fingerprint density at radius 1 is 1.38 bits per heavy atom. The molecule has 1 heterocycles. The van der Waals surface area contributed by atoms with Crippen molar-refractivity contribution in [1.82, 2.24) is 10.2 Å². The number of benzene rings is 1. The molecule has 5 heteroatoms. The molecule has 1 N–H and O–H groups in total. The minimum atomic E-state index is -0.764. The topological polar surface area (TPSA) is 24.5 Å². The van der Waals surface area contributed by atoms with Crippen LogP contribution < -0.4 is 5.32 Å². The maximum Gasteiger partial charge on any atom is 0.163 e. The minimum Gasteiger partial charge on any atom is -0.374 e. The van der Waals surface area contributed by atoms with Crippen molar-refractivity contribution in [3.8, 4) is 0 Å². The lowest BCUT2D eigenvalue weighted by Gasteiger charge is -2.36. The van der Waals surface area contributed by atoms with E-state index in [2.05, 4.69) is 10.2 Å². The number of rotatable bonds is 5. The molecule has 1 aromatic rings. The fraction of sp³-hybridized carbons (Fsp3) is 0.625. The van der Waals surface area contributed by atoms with Crippen LogP contribution in [0.25, 0.3) is 0 Å². The molecule has 1 aromatic carbocycles. The van der Waals surface area contributed by atoms with Gasteiger partial charge in [0.1, 0.15) is 0 Å². The normalized spacial score (nSPS) is 21.5. The summed E-state index contributed by atoms with van der Waals surface area (Å²) in [5, 5.41) is 3.31. The van der Waals surface area contributed by atoms with Crippen molar-refractivity contribution in [1.29, 1.82) is 0 Å². The lowest BCUT2D eigenvalue weighted by atomic mass is 9.97. The SMILES string of the molecule is CCCNC(c1ccc(C)c(F)c1F)C1CN(C)CCO1. The zero-order chi connectivity index (χ0) is 15.4. The molecule has 1 saturated heterocycles. The molecule has 2 unspecified atom stereocenters. The van der Waals surface area contributed by atoms with Gasteiger partial charge in [0.15, 0.2) is 11.6 Å². The van der Waals surface area contributed by atoms with Gasteiger partial charge in [-0.2, -0.15) is 0 Å². The molecule has 1 aliphatic rings. The van der Waals surface area contributed by atoms with Gasteiger partial charge < -0.3 is 15.0 Å². The first kappa shape index (κ1) is 16.3. The minimum absolute atomic E-state index is 0.174. The Bertz CT molecular complexity index is 482. The van der Waals surface area contributed by atoms with Crippen molar-refractivity contribution in [3.63, 3.8) is 0 Å². The van der Waals surface area contributed by atoms with E-state index in [0.717, 1.165) is 19.5 Å². The second-order valence-electron chi connectivity index (χ2n) is 5.70. The number of hydrogen-bond donors (Lipinski definition) is 1. The van der Waals surface area contributed by atoms with Gasteiger partial charge in [0, 0.05) is 18.7 Å². The molecule has 118 valence electrons. The van der Waals surface area contributed by atoms with Crippen LogP contribution in [0.2, 0.25) is 0 Å². The van der Waals surface area contributed by atoms with Crippen molar-refractivity contribution in [2.45, 2.75) is 32.4 Å². The first-order valence-electron chi connectivity index (χ1n) is 7.52. The van der Waals surface area contributed by atoms with E-state index in [1.165, 1.54) is 0 Å². The third kappa shape index (κ3) is 3.78. The van der Waals surface area contributed by atoms with Gasteiger partial charge in [-0.15, -0.1) is 0 Å². The summed E-state index contributed by atoms with van der Waals surface area (Å²) in [7, 11) is 2.01. The average molecular weight is 298 g/mol. The van der Waals surface area contributed by atoms with Crippen LogP contribution in [-0.2, 0) is 4.74 Å². The zero-order valence-corrected chi connectivity index (χ0v) is 13.0. The Morgan fingerprint density at radius 3 is 2.81 bits per heavy atom. The Morgan fingerprint density at radius 2 is 2.14 bits per heavy atom. The predicted molar refractivity (Wildman–Crippen MR) is 79.4 cm³/mol. The molecule has 0 amide bonds. The first-order valence-corrected chi connectivity index (χ1v) is 7.52. The molecule has 1 aliphatic heterocycles. The predicted octanol–water partition coefficient (Wildman–Crippen LogP) is 2.64. The zero-order valence-electron chi connectivity index (χ0n) is 13.0. The molecular weight excluding hydrogens is 274 g/mol. The number of ether oxygens (including phenoxy) is 1. The molecular formula is C16H24F2N2O. The molecule has 2 atom stereocenters. The fourth-order valence-corrected chi connectivity index (χ4v) is 2.66. The third-order valence-corrected chi connectivity index (χ3v) is 3.92. The van der Waals surface area contributed by atoms with E-state index in [4.69, 9.17) is 4.74 Å². The summed E-state index contributed by atoms with van der Waals surface area (Å²) in [6, 6.07) is 2.96. The van der Waals surface area contributed by atoms with Crippen molar-refractivity contribution in [3.05, 3.63) is 34.9 Å². The van der Waals surface area contributed by atoms with Crippen LogP contribution in [0.3, 0.4) is 0 Å². The van der Waals surface area contributed by atoms with Crippen LogP contribution in [0.4, 0.5) is 8.78 Å². The highest BCUT2D eigenvalue weighted by Crippen LogP contribution is 2.27. The van der Waals surface area contributed by atoms with Gasteiger partial charge in [-0.25, -0.2) is 8.78 Å². The summed E-state index contributed by atoms with van der Waals surface area (Å²) in [6.45, 7) is 6.54. The van der Waals surface area contributed by atoms with E-state index in [-0.39, 0.29) is 12.1 Å². The summed E-state index contributed by atoms with van der Waals surface area (Å²) in [5.41, 5.74) is 0.680. The molecule has 2 rings (SSSR count). The van der Waals surface area contributed by atoms with E-state index >= 15 is 0 Å². The highest BCUT2D eigenvalue weighted by atomic mass is 19.2. The number of likely N-dealkylation sites (N-methyl/N-ethyl adjacent to an activating group) is 1. The molecule has 1 fully saturated rings. The molecule has 0 aliphatic carbocycles. The maximum absolute atomic E-state index is 14.3. The highest BCUT2D eigenvalue weighted by molar-refractivity contribution is 5.29. The van der Waals surface area contributed by atoms with Gasteiger partial charge in [-0.3, -0.25) is 0 Å². The third-order valence-electron chi connectivity index (χ3n) is 3.92. The average Bonchev–Trinajstić information content (AvgIpc) is 2.47. The Balaban J connectivity index is 2.29. The van der Waals surface area contributed by atoms with Gasteiger partial charge in [0.2, 0.25) is 0 Å². The van der Waals surface area contributed by atoms with Crippen LogP contribution in [0, 0.1) is 18.6 Å². The highest BCUT2D eigenvalue weighted by Gasteiger charge is 2.30. The fourth-order valence-electron chi connectivity index (χ4n) is 2.66. The number of aryl methyl sites for hydroxylation is 1. The van der Waals surface area contributed by atoms with Crippen LogP contribution in [0.1, 0.15) is 30.5 Å². The standard InChI is InChI=1S/C16H24F2N2O/c1-4-7-19-16(13-10-20(3)8-9-21-13)12-6-5-11(2)14(17)15(12)18/h5-6,13,16,19H,4,7-10H2,1-3H3. The van der Waals surface area contributed by atoms with Gasteiger partial charge >= 0.3 is 0 Å². The Hall–Kier alpha value is -1.04. The number of halogens is 2. The quantitative estimate of drug-likeness (QED) is 0.904. The van der Waals surface area contributed by atoms with Crippen molar-refractivity contribution < 1.29 is 13.5 Å². The summed E-state index contributed by atoms with van der Waals surface area (Å²) in [6.07, 6.45) is 0.751. The van der Waals surface area contributed by atoms with Crippen molar-refractivity contribution in [2.24, 2.45) is 0 Å². The molecule has 0 aromatic heterocycles. The summed E-state index contributed by atoms with van der Waals surface area (Å²) < 4.78 is 34.0. The summed E-state index contributed by atoms with van der Waals surface area (Å²) >= 11 is 0. The van der Waals surface area contributed by atoms with E-state index in [1.807, 2.05) is 14.0 Å². The van der Waals surface area contributed by atoms with E-state index in [0.29, 0.717) is 24.3 Å². The van der Waals surface area contributed by atoms with Crippen LogP contribution in [0.15, 0.2) is 12.1 Å². The van der Waals surface area contributed by atoms with Gasteiger partial charge in [-0.1, -0.05) is 19.1 Å². The molecule has 0 spiro atoms. The Labute approximate surface area is 125 Å². The second-order valence-corrected chi connectivity index (χ2v) is 5.70. The summed E-state index contributed by atoms with van der Waals surface area (Å²) in [4.78, 5) is 2.15. The van der Waals surface area contributed by atoms with Crippen molar-refractivity contribution >= 4 is 0 Å². The smallest absolute Gasteiger partial charge is 0.163 e. The number of nitrogens with zero attached hydrogens (tertiary/aromatic N) is 1. The number of nitrogens with one attached hydrogen (secondary N) is 1. The maximum atomic E-state index is 14.3. The molecule has 0 saturated carbocycles. The molecule has 21 heavy (non-hydrogen) atoms. The second kappa shape index (κ2) is 7.29. The van der Waals surface area contributed by atoms with E-state index in [1.54, 1.807) is 19.1 Å². The number of hydrogen-bond acceptors (Lipinski definition) is 3. The van der Waals surface area contributed by atoms with Gasteiger partial charge in [0.25, 0.3) is 0 Å². The van der Waals surface area contributed by atoms with Crippen LogP contribution in [-0.4, -0.2) is 44.3 Å². The van der Waals surface area contributed by atoms with Crippen LogP contribution in [0.5, 0.6) is 0 Å². The molecule has 3 nitrogen and oxygen atoms in total. The first-order chi connectivity index (χ1) is 10.0.